The molecule has 5 heteroatoms. The van der Waals surface area contributed by atoms with Gasteiger partial charge in [0.05, 0.1) is 4.90 Å². The van der Waals surface area contributed by atoms with Crippen LogP contribution in [-0.2, 0) is 0 Å². The van der Waals surface area contributed by atoms with Crippen molar-refractivity contribution in [3.05, 3.63) is 48.0 Å². The van der Waals surface area contributed by atoms with Gasteiger partial charge in [-0.15, -0.1) is 0 Å². The second-order valence-electron chi connectivity index (χ2n) is 4.07. The standard InChI is InChI=1S/C14H16FN3S/c1-3-16-10(2)11-6-4-7-12(15)13(11)19-14-17-8-5-9-18-14/h4-10,16H,3H2,1-2H3. The molecule has 19 heavy (non-hydrogen) atoms. The van der Waals surface area contributed by atoms with Crippen LogP contribution in [0.3, 0.4) is 0 Å². The lowest BCUT2D eigenvalue weighted by molar-refractivity contribution is 0.557. The minimum absolute atomic E-state index is 0.0897. The summed E-state index contributed by atoms with van der Waals surface area (Å²) in [4.78, 5) is 8.84. The van der Waals surface area contributed by atoms with E-state index in [-0.39, 0.29) is 11.9 Å². The highest BCUT2D eigenvalue weighted by molar-refractivity contribution is 7.99. The average Bonchev–Trinajstić information content (AvgIpc) is 2.42. The van der Waals surface area contributed by atoms with E-state index in [1.54, 1.807) is 24.5 Å². The van der Waals surface area contributed by atoms with Gasteiger partial charge >= 0.3 is 0 Å². The van der Waals surface area contributed by atoms with E-state index in [0.717, 1.165) is 12.1 Å². The molecule has 1 aromatic carbocycles. The van der Waals surface area contributed by atoms with Gasteiger partial charge in [0.15, 0.2) is 5.16 Å². The number of benzene rings is 1. The molecule has 2 aromatic rings. The summed E-state index contributed by atoms with van der Waals surface area (Å²) in [5, 5.41) is 3.85. The van der Waals surface area contributed by atoms with Crippen molar-refractivity contribution >= 4 is 11.8 Å². The molecule has 0 aliphatic rings. The molecule has 1 N–H and O–H groups in total. The van der Waals surface area contributed by atoms with Crippen molar-refractivity contribution in [1.29, 1.82) is 0 Å². The quantitative estimate of drug-likeness (QED) is 0.850. The predicted molar refractivity (Wildman–Crippen MR) is 74.6 cm³/mol. The zero-order chi connectivity index (χ0) is 13.7. The Morgan fingerprint density at radius 1 is 1.26 bits per heavy atom. The molecule has 0 aliphatic heterocycles. The number of nitrogens with one attached hydrogen (secondary N) is 1. The lowest BCUT2D eigenvalue weighted by Crippen LogP contribution is -2.18. The molecule has 1 atom stereocenters. The Balaban J connectivity index is 2.33. The minimum atomic E-state index is -0.236. The van der Waals surface area contributed by atoms with Gasteiger partial charge in [0.25, 0.3) is 0 Å². The van der Waals surface area contributed by atoms with Crippen LogP contribution in [0.4, 0.5) is 4.39 Å². The molecule has 0 spiro atoms. The molecule has 0 radical (unpaired) electrons. The number of nitrogens with zero attached hydrogens (tertiary/aromatic N) is 2. The highest BCUT2D eigenvalue weighted by atomic mass is 32.2. The van der Waals surface area contributed by atoms with Gasteiger partial charge in [-0.1, -0.05) is 19.1 Å². The van der Waals surface area contributed by atoms with Crippen LogP contribution in [-0.4, -0.2) is 16.5 Å². The number of hydrogen-bond acceptors (Lipinski definition) is 4. The van der Waals surface area contributed by atoms with Crippen molar-refractivity contribution < 1.29 is 4.39 Å². The fourth-order valence-corrected chi connectivity index (χ4v) is 2.76. The zero-order valence-corrected chi connectivity index (χ0v) is 11.7. The summed E-state index contributed by atoms with van der Waals surface area (Å²) in [6, 6.07) is 6.96. The molecule has 0 saturated heterocycles. The van der Waals surface area contributed by atoms with Gasteiger partial charge in [0.1, 0.15) is 5.82 Å². The summed E-state index contributed by atoms with van der Waals surface area (Å²) in [5.41, 5.74) is 0.930. The van der Waals surface area contributed by atoms with Crippen LogP contribution in [0.1, 0.15) is 25.5 Å². The van der Waals surface area contributed by atoms with Crippen LogP contribution in [0.5, 0.6) is 0 Å². The summed E-state index contributed by atoms with van der Waals surface area (Å²) in [5.74, 6) is -0.236. The first-order valence-corrected chi connectivity index (χ1v) is 7.00. The SMILES string of the molecule is CCNC(C)c1cccc(F)c1Sc1ncccn1. The first kappa shape index (κ1) is 14.0. The molecule has 3 nitrogen and oxygen atoms in total. The van der Waals surface area contributed by atoms with Crippen molar-refractivity contribution in [2.24, 2.45) is 0 Å². The Bertz CT molecular complexity index is 533. The second-order valence-corrected chi connectivity index (χ2v) is 5.05. The molecule has 0 amide bonds. The van der Waals surface area contributed by atoms with Gasteiger partial charge in [-0.05, 0) is 42.9 Å². The fourth-order valence-electron chi connectivity index (χ4n) is 1.82. The number of aromatic nitrogens is 2. The van der Waals surface area contributed by atoms with Crippen LogP contribution < -0.4 is 5.32 Å². The maximum absolute atomic E-state index is 14.0. The molecule has 2 rings (SSSR count). The van der Waals surface area contributed by atoms with E-state index in [0.29, 0.717) is 10.1 Å². The average molecular weight is 277 g/mol. The molecule has 0 fully saturated rings. The lowest BCUT2D eigenvalue weighted by atomic mass is 10.1. The van der Waals surface area contributed by atoms with Gasteiger partial charge < -0.3 is 5.32 Å². The number of halogens is 1. The van der Waals surface area contributed by atoms with Crippen molar-refractivity contribution in [3.63, 3.8) is 0 Å². The lowest BCUT2D eigenvalue weighted by Gasteiger charge is -2.16. The van der Waals surface area contributed by atoms with E-state index in [4.69, 9.17) is 0 Å². The Morgan fingerprint density at radius 3 is 2.68 bits per heavy atom. The molecule has 0 saturated carbocycles. The molecule has 100 valence electrons. The maximum atomic E-state index is 14.0. The molecule has 1 aromatic heterocycles. The highest BCUT2D eigenvalue weighted by Gasteiger charge is 2.15. The monoisotopic (exact) mass is 277 g/mol. The van der Waals surface area contributed by atoms with Crippen LogP contribution in [0.25, 0.3) is 0 Å². The molecule has 1 heterocycles. The molecule has 0 aliphatic carbocycles. The largest absolute Gasteiger partial charge is 0.310 e. The Hall–Kier alpha value is -1.46. The van der Waals surface area contributed by atoms with Crippen molar-refractivity contribution in [2.75, 3.05) is 6.54 Å². The smallest absolute Gasteiger partial charge is 0.192 e. The number of rotatable bonds is 5. The normalized spacial score (nSPS) is 12.4. The third-order valence-electron chi connectivity index (χ3n) is 2.71. The Kier molecular flexibility index (Phi) is 4.87. The molecule has 1 unspecified atom stereocenters. The Labute approximate surface area is 116 Å². The van der Waals surface area contributed by atoms with Gasteiger partial charge in [0, 0.05) is 18.4 Å². The third-order valence-corrected chi connectivity index (χ3v) is 3.74. The third kappa shape index (κ3) is 3.52. The maximum Gasteiger partial charge on any atom is 0.192 e. The van der Waals surface area contributed by atoms with Gasteiger partial charge in [-0.2, -0.15) is 0 Å². The number of hydrogen-bond donors (Lipinski definition) is 1. The van der Waals surface area contributed by atoms with Crippen molar-refractivity contribution in [3.8, 4) is 0 Å². The zero-order valence-electron chi connectivity index (χ0n) is 10.9. The van der Waals surface area contributed by atoms with Gasteiger partial charge in [-0.3, -0.25) is 0 Å². The van der Waals surface area contributed by atoms with Crippen LogP contribution in [0, 0.1) is 5.82 Å². The van der Waals surface area contributed by atoms with Gasteiger partial charge in [-0.25, -0.2) is 14.4 Å². The van der Waals surface area contributed by atoms with Crippen molar-refractivity contribution in [2.45, 2.75) is 29.9 Å². The molecular formula is C14H16FN3S. The summed E-state index contributed by atoms with van der Waals surface area (Å²) in [6.07, 6.45) is 3.31. The van der Waals surface area contributed by atoms with E-state index < -0.39 is 0 Å². The van der Waals surface area contributed by atoms with Crippen LogP contribution >= 0.6 is 11.8 Å². The highest BCUT2D eigenvalue weighted by Crippen LogP contribution is 2.33. The summed E-state index contributed by atoms with van der Waals surface area (Å²) < 4.78 is 14.0. The van der Waals surface area contributed by atoms with Crippen LogP contribution in [0.15, 0.2) is 46.7 Å². The summed E-state index contributed by atoms with van der Waals surface area (Å²) in [6.45, 7) is 4.89. The van der Waals surface area contributed by atoms with E-state index >= 15 is 0 Å². The summed E-state index contributed by atoms with van der Waals surface area (Å²) in [7, 11) is 0. The van der Waals surface area contributed by atoms with E-state index in [2.05, 4.69) is 15.3 Å². The minimum Gasteiger partial charge on any atom is -0.310 e. The van der Waals surface area contributed by atoms with E-state index in [1.807, 2.05) is 19.9 Å². The van der Waals surface area contributed by atoms with Crippen molar-refractivity contribution in [1.82, 2.24) is 15.3 Å². The molecular weight excluding hydrogens is 261 g/mol. The topological polar surface area (TPSA) is 37.8 Å². The van der Waals surface area contributed by atoms with Crippen LogP contribution in [0.2, 0.25) is 0 Å². The first-order valence-electron chi connectivity index (χ1n) is 6.19. The predicted octanol–water partition coefficient (Wildman–Crippen LogP) is 3.44. The van der Waals surface area contributed by atoms with E-state index in [1.165, 1.54) is 17.8 Å². The second kappa shape index (κ2) is 6.63. The summed E-state index contributed by atoms with van der Waals surface area (Å²) >= 11 is 1.26. The first-order chi connectivity index (χ1) is 9.22. The molecule has 0 bridgehead atoms. The van der Waals surface area contributed by atoms with E-state index in [9.17, 15) is 4.39 Å². The van der Waals surface area contributed by atoms with Gasteiger partial charge in [0.2, 0.25) is 0 Å². The fraction of sp³-hybridized carbons (Fsp3) is 0.286. The Morgan fingerprint density at radius 2 is 2.00 bits per heavy atom.